The molecule has 1 amide bonds. The zero-order valence-electron chi connectivity index (χ0n) is 15.5. The van der Waals surface area contributed by atoms with Crippen LogP contribution in [0.2, 0.25) is 0 Å². The van der Waals surface area contributed by atoms with Crippen LogP contribution in [0.25, 0.3) is 0 Å². The fourth-order valence-corrected chi connectivity index (χ4v) is 2.61. The highest BCUT2D eigenvalue weighted by Crippen LogP contribution is 2.19. The number of carbonyl (C=O) groups is 1. The molecule has 0 bridgehead atoms. The first kappa shape index (κ1) is 17.7. The normalized spacial score (nSPS) is 10.8. The fourth-order valence-electron chi connectivity index (χ4n) is 2.61. The van der Waals surface area contributed by atoms with Crippen molar-refractivity contribution in [1.82, 2.24) is 24.5 Å². The summed E-state index contributed by atoms with van der Waals surface area (Å²) in [4.78, 5) is 14.2. The zero-order valence-corrected chi connectivity index (χ0v) is 15.5. The highest BCUT2D eigenvalue weighted by molar-refractivity contribution is 5.91. The zero-order chi connectivity index (χ0) is 18.7. The van der Waals surface area contributed by atoms with Crippen molar-refractivity contribution in [1.29, 1.82) is 0 Å². The van der Waals surface area contributed by atoms with E-state index in [0.717, 1.165) is 22.6 Å². The Bertz CT molecular complexity index is 912. The summed E-state index contributed by atoms with van der Waals surface area (Å²) >= 11 is 0. The first-order chi connectivity index (χ1) is 12.4. The molecule has 0 spiro atoms. The van der Waals surface area contributed by atoms with Crippen molar-refractivity contribution >= 4 is 5.91 Å². The molecule has 7 heteroatoms. The van der Waals surface area contributed by atoms with E-state index in [1.54, 1.807) is 39.8 Å². The van der Waals surface area contributed by atoms with Crippen LogP contribution in [0.3, 0.4) is 0 Å². The third kappa shape index (κ3) is 3.93. The van der Waals surface area contributed by atoms with Gasteiger partial charge < -0.3 is 9.64 Å². The van der Waals surface area contributed by atoms with E-state index in [4.69, 9.17) is 4.74 Å². The van der Waals surface area contributed by atoms with E-state index in [0.29, 0.717) is 12.2 Å². The van der Waals surface area contributed by atoms with Crippen molar-refractivity contribution in [3.05, 3.63) is 65.2 Å². The monoisotopic (exact) mass is 353 g/mol. The van der Waals surface area contributed by atoms with Gasteiger partial charge in [0.1, 0.15) is 5.75 Å². The smallest absolute Gasteiger partial charge is 0.274 e. The lowest BCUT2D eigenvalue weighted by atomic mass is 10.1. The number of ether oxygens (including phenoxy) is 1. The fraction of sp³-hybridized carbons (Fsp3) is 0.316. The summed E-state index contributed by atoms with van der Waals surface area (Å²) in [6.07, 6.45) is 3.46. The summed E-state index contributed by atoms with van der Waals surface area (Å²) in [6, 6.07) is 9.66. The Morgan fingerprint density at radius 2 is 2.04 bits per heavy atom. The minimum absolute atomic E-state index is 0.142. The molecule has 3 aromatic rings. The average molecular weight is 353 g/mol. The van der Waals surface area contributed by atoms with Gasteiger partial charge in [-0.2, -0.15) is 10.2 Å². The molecule has 0 aliphatic heterocycles. The standard InChI is InChI=1S/C19H23N5O2/c1-14-5-6-15(2)18(11-14)26-13-24-10-8-17(21-24)19(25)22(3)12-16-7-9-20-23(16)4/h5-11H,12-13H2,1-4H3. The van der Waals surface area contributed by atoms with Crippen LogP contribution in [0.1, 0.15) is 27.3 Å². The van der Waals surface area contributed by atoms with Gasteiger partial charge >= 0.3 is 0 Å². The largest absolute Gasteiger partial charge is 0.471 e. The second-order valence-corrected chi connectivity index (χ2v) is 6.39. The summed E-state index contributed by atoms with van der Waals surface area (Å²) in [6.45, 7) is 4.75. The Hall–Kier alpha value is -3.09. The number of nitrogens with zero attached hydrogens (tertiary/aromatic N) is 5. The number of aryl methyl sites for hydroxylation is 3. The minimum atomic E-state index is -0.142. The molecule has 0 unspecified atom stereocenters. The van der Waals surface area contributed by atoms with Crippen LogP contribution >= 0.6 is 0 Å². The lowest BCUT2D eigenvalue weighted by Crippen LogP contribution is -2.27. The van der Waals surface area contributed by atoms with Crippen molar-refractivity contribution in [2.45, 2.75) is 27.1 Å². The van der Waals surface area contributed by atoms with Crippen LogP contribution in [0, 0.1) is 13.8 Å². The molecule has 0 saturated carbocycles. The predicted molar refractivity (Wildman–Crippen MR) is 97.8 cm³/mol. The molecule has 2 heterocycles. The molecule has 0 aliphatic rings. The highest BCUT2D eigenvalue weighted by Gasteiger charge is 2.16. The molecule has 2 aromatic heterocycles. The second kappa shape index (κ2) is 7.43. The molecule has 0 atom stereocenters. The van der Waals surface area contributed by atoms with Gasteiger partial charge in [0, 0.05) is 26.5 Å². The van der Waals surface area contributed by atoms with E-state index in [1.807, 2.05) is 45.2 Å². The van der Waals surface area contributed by atoms with E-state index >= 15 is 0 Å². The molecule has 0 N–H and O–H groups in total. The molecule has 3 rings (SSSR count). The van der Waals surface area contributed by atoms with Gasteiger partial charge in [0.15, 0.2) is 12.4 Å². The molecule has 0 fully saturated rings. The summed E-state index contributed by atoms with van der Waals surface area (Å²) in [5, 5.41) is 8.44. The number of hydrogen-bond acceptors (Lipinski definition) is 4. The van der Waals surface area contributed by atoms with E-state index in [1.165, 1.54) is 0 Å². The van der Waals surface area contributed by atoms with Gasteiger partial charge in [0.25, 0.3) is 5.91 Å². The number of amides is 1. The molecule has 136 valence electrons. The minimum Gasteiger partial charge on any atom is -0.471 e. The van der Waals surface area contributed by atoms with Gasteiger partial charge in [-0.05, 0) is 43.2 Å². The molecule has 1 aromatic carbocycles. The predicted octanol–water partition coefficient (Wildman–Crippen LogP) is 2.54. The Morgan fingerprint density at radius 1 is 1.23 bits per heavy atom. The molecular weight excluding hydrogens is 330 g/mol. The third-order valence-electron chi connectivity index (χ3n) is 4.22. The Balaban J connectivity index is 1.62. The van der Waals surface area contributed by atoms with E-state index < -0.39 is 0 Å². The number of rotatable bonds is 6. The lowest BCUT2D eigenvalue weighted by Gasteiger charge is -2.15. The maximum Gasteiger partial charge on any atom is 0.274 e. The van der Waals surface area contributed by atoms with Crippen LogP contribution in [0.4, 0.5) is 0 Å². The second-order valence-electron chi connectivity index (χ2n) is 6.39. The number of hydrogen-bond donors (Lipinski definition) is 0. The quantitative estimate of drug-likeness (QED) is 0.683. The van der Waals surface area contributed by atoms with Crippen LogP contribution in [-0.2, 0) is 20.3 Å². The van der Waals surface area contributed by atoms with Gasteiger partial charge in [0.2, 0.25) is 0 Å². The van der Waals surface area contributed by atoms with Crippen molar-refractivity contribution in [3.8, 4) is 5.75 Å². The Morgan fingerprint density at radius 3 is 2.77 bits per heavy atom. The molecule has 26 heavy (non-hydrogen) atoms. The van der Waals surface area contributed by atoms with Crippen LogP contribution in [0.15, 0.2) is 42.7 Å². The maximum absolute atomic E-state index is 12.5. The van der Waals surface area contributed by atoms with Gasteiger partial charge in [-0.3, -0.25) is 9.48 Å². The summed E-state index contributed by atoms with van der Waals surface area (Å²) in [5.74, 6) is 0.679. The van der Waals surface area contributed by atoms with Crippen molar-refractivity contribution in [2.75, 3.05) is 7.05 Å². The third-order valence-corrected chi connectivity index (χ3v) is 4.22. The van der Waals surface area contributed by atoms with E-state index in [9.17, 15) is 4.79 Å². The highest BCUT2D eigenvalue weighted by atomic mass is 16.5. The lowest BCUT2D eigenvalue weighted by molar-refractivity contribution is 0.0774. The van der Waals surface area contributed by atoms with E-state index in [2.05, 4.69) is 10.2 Å². The maximum atomic E-state index is 12.5. The van der Waals surface area contributed by atoms with Gasteiger partial charge in [-0.25, -0.2) is 4.68 Å². The van der Waals surface area contributed by atoms with Gasteiger partial charge in [-0.1, -0.05) is 12.1 Å². The van der Waals surface area contributed by atoms with Crippen LogP contribution in [-0.4, -0.2) is 37.4 Å². The van der Waals surface area contributed by atoms with Crippen molar-refractivity contribution < 1.29 is 9.53 Å². The molecular formula is C19H23N5O2. The number of benzene rings is 1. The summed E-state index contributed by atoms with van der Waals surface area (Å²) in [5.41, 5.74) is 3.55. The average Bonchev–Trinajstić information content (AvgIpc) is 3.24. The first-order valence-corrected chi connectivity index (χ1v) is 8.40. The van der Waals surface area contributed by atoms with Crippen molar-refractivity contribution in [2.24, 2.45) is 7.05 Å². The SMILES string of the molecule is Cc1ccc(C)c(OCn2ccc(C(=O)N(C)Cc3ccnn3C)n2)c1. The molecule has 0 saturated heterocycles. The summed E-state index contributed by atoms with van der Waals surface area (Å²) in [7, 11) is 3.61. The Kier molecular flexibility index (Phi) is 5.06. The number of aromatic nitrogens is 4. The first-order valence-electron chi connectivity index (χ1n) is 8.40. The van der Waals surface area contributed by atoms with Crippen LogP contribution in [0.5, 0.6) is 5.75 Å². The Labute approximate surface area is 152 Å². The molecule has 0 radical (unpaired) electrons. The van der Waals surface area contributed by atoms with Gasteiger partial charge in [-0.15, -0.1) is 0 Å². The summed E-state index contributed by atoms with van der Waals surface area (Å²) < 4.78 is 9.19. The molecule has 0 aliphatic carbocycles. The topological polar surface area (TPSA) is 65.2 Å². The van der Waals surface area contributed by atoms with Crippen LogP contribution < -0.4 is 4.74 Å². The number of carbonyl (C=O) groups excluding carboxylic acids is 1. The van der Waals surface area contributed by atoms with E-state index in [-0.39, 0.29) is 12.6 Å². The van der Waals surface area contributed by atoms with Gasteiger partial charge in [0.05, 0.1) is 12.2 Å². The molecule has 7 nitrogen and oxygen atoms in total. The van der Waals surface area contributed by atoms with Crippen molar-refractivity contribution in [3.63, 3.8) is 0 Å².